The Morgan fingerprint density at radius 2 is 1.69 bits per heavy atom. The smallest absolute Gasteiger partial charge is 0.240 e. The first kappa shape index (κ1) is 24.3. The number of rotatable bonds is 9. The molecule has 0 aromatic heterocycles. The minimum absolute atomic E-state index is 0.0521. The van der Waals surface area contributed by atoms with Crippen molar-refractivity contribution in [3.63, 3.8) is 0 Å². The van der Waals surface area contributed by atoms with Crippen molar-refractivity contribution in [2.45, 2.75) is 23.2 Å². The van der Waals surface area contributed by atoms with E-state index < -0.39 is 15.4 Å². The second kappa shape index (κ2) is 9.57. The number of anilines is 1. The Bertz CT molecular complexity index is 1380. The Morgan fingerprint density at radius 1 is 0.944 bits per heavy atom. The van der Waals surface area contributed by atoms with Gasteiger partial charge in [0.25, 0.3) is 0 Å². The maximum Gasteiger partial charge on any atom is 0.240 e. The van der Waals surface area contributed by atoms with Crippen LogP contribution in [-0.2, 0) is 20.2 Å². The Labute approximate surface area is 211 Å². The van der Waals surface area contributed by atoms with Gasteiger partial charge in [0.1, 0.15) is 0 Å². The van der Waals surface area contributed by atoms with Crippen molar-refractivity contribution in [2.24, 2.45) is 0 Å². The lowest BCUT2D eigenvalue weighted by molar-refractivity contribution is -0.118. The number of likely N-dealkylation sites (N-methyl/N-ethyl adjacent to an activating group) is 1. The molecule has 0 unspecified atom stereocenters. The lowest BCUT2D eigenvalue weighted by Gasteiger charge is -2.17. The Balaban J connectivity index is 1.29. The molecule has 8 nitrogen and oxygen atoms in total. The van der Waals surface area contributed by atoms with Gasteiger partial charge in [0, 0.05) is 18.8 Å². The molecule has 36 heavy (non-hydrogen) atoms. The van der Waals surface area contributed by atoms with E-state index in [2.05, 4.69) is 10.0 Å². The average Bonchev–Trinajstić information content (AvgIpc) is 3.55. The summed E-state index contributed by atoms with van der Waals surface area (Å²) in [5.41, 5.74) is 2.79. The highest BCUT2D eigenvalue weighted by Crippen LogP contribution is 2.51. The summed E-state index contributed by atoms with van der Waals surface area (Å²) in [5.74, 6) is 1.32. The van der Waals surface area contributed by atoms with E-state index in [1.807, 2.05) is 61.5 Å². The molecule has 0 saturated heterocycles. The number of carbonyl (C=O) groups excluding carboxylic acids is 1. The lowest BCUT2D eigenvalue weighted by Crippen LogP contribution is -2.31. The lowest BCUT2D eigenvalue weighted by atomic mass is 9.94. The molecule has 9 heteroatoms. The number of fused-ring (bicyclic) bond motifs is 1. The maximum atomic E-state index is 13.3. The fourth-order valence-electron chi connectivity index (χ4n) is 4.31. The third kappa shape index (κ3) is 4.95. The molecular formula is C27H29N3O5S. The average molecular weight is 508 g/mol. The van der Waals surface area contributed by atoms with Crippen LogP contribution < -0.4 is 19.5 Å². The number of sulfonamides is 1. The number of nitrogens with one attached hydrogen (secondary N) is 2. The summed E-state index contributed by atoms with van der Waals surface area (Å²) in [4.78, 5) is 15.4. The van der Waals surface area contributed by atoms with Crippen LogP contribution in [0.5, 0.6) is 11.5 Å². The van der Waals surface area contributed by atoms with E-state index in [1.54, 1.807) is 24.3 Å². The minimum Gasteiger partial charge on any atom is -0.454 e. The first-order chi connectivity index (χ1) is 17.3. The van der Waals surface area contributed by atoms with Gasteiger partial charge in [-0.25, -0.2) is 13.1 Å². The van der Waals surface area contributed by atoms with Gasteiger partial charge >= 0.3 is 0 Å². The van der Waals surface area contributed by atoms with Crippen molar-refractivity contribution >= 4 is 21.6 Å². The fraction of sp³-hybridized carbons (Fsp3) is 0.296. The molecule has 2 N–H and O–H groups in total. The number of benzene rings is 3. The Morgan fingerprint density at radius 3 is 2.42 bits per heavy atom. The van der Waals surface area contributed by atoms with E-state index in [0.29, 0.717) is 30.3 Å². The third-order valence-corrected chi connectivity index (χ3v) is 8.06. The number of ether oxygens (including phenoxy) is 2. The van der Waals surface area contributed by atoms with Crippen molar-refractivity contribution in [1.29, 1.82) is 0 Å². The Kier molecular flexibility index (Phi) is 6.46. The molecule has 0 spiro atoms. The van der Waals surface area contributed by atoms with Crippen LogP contribution in [0.2, 0.25) is 0 Å². The molecule has 1 heterocycles. The molecule has 1 fully saturated rings. The molecule has 1 saturated carbocycles. The van der Waals surface area contributed by atoms with Gasteiger partial charge in [-0.2, -0.15) is 0 Å². The summed E-state index contributed by atoms with van der Waals surface area (Å²) in [6.45, 7) is 1.16. The fourth-order valence-corrected chi connectivity index (χ4v) is 5.33. The summed E-state index contributed by atoms with van der Waals surface area (Å²) in [6.07, 6.45) is 1.55. The van der Waals surface area contributed by atoms with Crippen LogP contribution in [0.1, 0.15) is 18.4 Å². The largest absolute Gasteiger partial charge is 0.454 e. The van der Waals surface area contributed by atoms with Gasteiger partial charge in [0.2, 0.25) is 22.7 Å². The molecule has 5 rings (SSSR count). The zero-order chi connectivity index (χ0) is 25.3. The molecule has 188 valence electrons. The highest BCUT2D eigenvalue weighted by Gasteiger charge is 2.51. The first-order valence-electron chi connectivity index (χ1n) is 11.8. The molecule has 3 aromatic carbocycles. The topological polar surface area (TPSA) is 97.0 Å². The van der Waals surface area contributed by atoms with Crippen LogP contribution in [-0.4, -0.2) is 53.2 Å². The summed E-state index contributed by atoms with van der Waals surface area (Å²) in [6, 6.07) is 20.0. The van der Waals surface area contributed by atoms with E-state index in [4.69, 9.17) is 9.47 Å². The molecule has 3 aromatic rings. The van der Waals surface area contributed by atoms with Gasteiger partial charge in [0.05, 0.1) is 10.3 Å². The monoisotopic (exact) mass is 507 g/mol. The zero-order valence-corrected chi connectivity index (χ0v) is 21.1. The number of amides is 1. The van der Waals surface area contributed by atoms with Crippen molar-refractivity contribution in [2.75, 3.05) is 39.3 Å². The van der Waals surface area contributed by atoms with Crippen molar-refractivity contribution in [1.82, 2.24) is 9.62 Å². The van der Waals surface area contributed by atoms with E-state index >= 15 is 0 Å². The second-order valence-corrected chi connectivity index (χ2v) is 11.2. The molecule has 0 atom stereocenters. The molecule has 1 aliphatic carbocycles. The number of carbonyl (C=O) groups is 1. The maximum absolute atomic E-state index is 13.3. The number of hydrogen-bond donors (Lipinski definition) is 2. The summed E-state index contributed by atoms with van der Waals surface area (Å²) >= 11 is 0. The van der Waals surface area contributed by atoms with Gasteiger partial charge < -0.3 is 19.7 Å². The summed E-state index contributed by atoms with van der Waals surface area (Å²) in [7, 11) is 0.212. The van der Waals surface area contributed by atoms with E-state index in [1.165, 1.54) is 0 Å². The number of hydrogen-bond acceptors (Lipinski definition) is 6. The van der Waals surface area contributed by atoms with Crippen LogP contribution in [0.15, 0.2) is 71.6 Å². The third-order valence-electron chi connectivity index (χ3n) is 6.58. The van der Waals surface area contributed by atoms with E-state index in [0.717, 1.165) is 29.5 Å². The van der Waals surface area contributed by atoms with Crippen molar-refractivity contribution < 1.29 is 22.7 Å². The van der Waals surface area contributed by atoms with Crippen LogP contribution >= 0.6 is 0 Å². The highest BCUT2D eigenvalue weighted by molar-refractivity contribution is 7.89. The molecule has 0 bridgehead atoms. The zero-order valence-electron chi connectivity index (χ0n) is 20.3. The van der Waals surface area contributed by atoms with Crippen molar-refractivity contribution in [3.8, 4) is 22.6 Å². The molecule has 1 aliphatic heterocycles. The predicted molar refractivity (Wildman–Crippen MR) is 138 cm³/mol. The van der Waals surface area contributed by atoms with Gasteiger partial charge in [-0.3, -0.25) is 4.79 Å². The molecular weight excluding hydrogens is 478 g/mol. The highest BCUT2D eigenvalue weighted by atomic mass is 32.2. The molecule has 1 amide bonds. The molecule has 2 aliphatic rings. The van der Waals surface area contributed by atoms with Crippen LogP contribution in [0.4, 0.5) is 5.69 Å². The van der Waals surface area contributed by atoms with Gasteiger partial charge in [0.15, 0.2) is 11.5 Å². The van der Waals surface area contributed by atoms with Crippen LogP contribution in [0, 0.1) is 0 Å². The van der Waals surface area contributed by atoms with Crippen LogP contribution in [0.25, 0.3) is 11.1 Å². The van der Waals surface area contributed by atoms with Gasteiger partial charge in [-0.15, -0.1) is 0 Å². The predicted octanol–water partition coefficient (Wildman–Crippen LogP) is 3.59. The number of nitrogens with zero attached hydrogens (tertiary/aromatic N) is 1. The van der Waals surface area contributed by atoms with Gasteiger partial charge in [-0.1, -0.05) is 30.3 Å². The van der Waals surface area contributed by atoms with E-state index in [9.17, 15) is 13.2 Å². The summed E-state index contributed by atoms with van der Waals surface area (Å²) < 4.78 is 38.5. The van der Waals surface area contributed by atoms with Crippen LogP contribution in [0.3, 0.4) is 0 Å². The normalized spacial score (nSPS) is 15.6. The van der Waals surface area contributed by atoms with Crippen molar-refractivity contribution in [3.05, 3.63) is 72.3 Å². The summed E-state index contributed by atoms with van der Waals surface area (Å²) in [5, 5.41) is 3.07. The van der Waals surface area contributed by atoms with E-state index in [-0.39, 0.29) is 17.6 Å². The SMILES string of the molecule is CN(C)CCNS(=O)(=O)c1ccc(-c2cccc(NC(=O)C3(c4ccc5c(c4)OCO5)CC3)c2)cc1. The quantitative estimate of drug-likeness (QED) is 0.460. The molecule has 0 radical (unpaired) electrons. The first-order valence-corrected chi connectivity index (χ1v) is 13.3. The van der Waals surface area contributed by atoms with Gasteiger partial charge in [-0.05, 0) is 80.0 Å². The second-order valence-electron chi connectivity index (χ2n) is 9.41. The standard InChI is InChI=1S/C27H29N3O5S/c1-30(2)15-14-28-36(32,33)23-9-6-19(7-10-23)20-4-3-5-22(16-20)29-26(31)27(12-13-27)21-8-11-24-25(17-21)35-18-34-24/h3-11,16-17,28H,12-15,18H2,1-2H3,(H,29,31). The minimum atomic E-state index is -3.57. The Hall–Kier alpha value is -3.40.